The number of hydrogen-bond donors (Lipinski definition) is 2. The van der Waals surface area contributed by atoms with Crippen LogP contribution in [0.3, 0.4) is 0 Å². The lowest BCUT2D eigenvalue weighted by Gasteiger charge is -2.27. The van der Waals surface area contributed by atoms with Crippen molar-refractivity contribution in [2.45, 2.75) is 18.4 Å². The van der Waals surface area contributed by atoms with Gasteiger partial charge in [-0.25, -0.2) is 0 Å². The van der Waals surface area contributed by atoms with E-state index >= 15 is 0 Å². The first kappa shape index (κ1) is 13.1. The van der Waals surface area contributed by atoms with Crippen molar-refractivity contribution in [2.24, 2.45) is 5.73 Å². The number of nitrogens with two attached hydrogens (primary N) is 1. The number of benzene rings is 1. The number of nitrogens with one attached hydrogen (secondary N) is 1. The van der Waals surface area contributed by atoms with E-state index in [1.165, 1.54) is 11.1 Å². The standard InChI is InChI=1S/C14H21N3O/c1-17(2)8-7-16-14(13(15)18)9-11-5-3-4-6-12(11)10-14/h3-6,16H,7-10H2,1-2H3,(H2,15,18). The van der Waals surface area contributed by atoms with Gasteiger partial charge in [-0.1, -0.05) is 24.3 Å². The number of nitrogens with zero attached hydrogens (tertiary/aromatic N) is 1. The van der Waals surface area contributed by atoms with Crippen LogP contribution in [0.4, 0.5) is 0 Å². The number of amides is 1. The first-order chi connectivity index (χ1) is 8.53. The van der Waals surface area contributed by atoms with Crippen LogP contribution in [0.15, 0.2) is 24.3 Å². The van der Waals surface area contributed by atoms with Crippen molar-refractivity contribution < 1.29 is 4.79 Å². The Labute approximate surface area is 108 Å². The normalized spacial score (nSPS) is 16.8. The van der Waals surface area contributed by atoms with Crippen LogP contribution in [-0.2, 0) is 17.6 Å². The van der Waals surface area contributed by atoms with Gasteiger partial charge in [0.15, 0.2) is 0 Å². The van der Waals surface area contributed by atoms with Gasteiger partial charge in [0, 0.05) is 25.9 Å². The number of hydrogen-bond acceptors (Lipinski definition) is 3. The Bertz CT molecular complexity index is 417. The lowest BCUT2D eigenvalue weighted by Crippen LogP contribution is -2.57. The second kappa shape index (κ2) is 5.08. The van der Waals surface area contributed by atoms with E-state index in [2.05, 4.69) is 22.3 Å². The SMILES string of the molecule is CN(C)CCNC1(C(N)=O)Cc2ccccc2C1. The van der Waals surface area contributed by atoms with Crippen LogP contribution in [0.5, 0.6) is 0 Å². The van der Waals surface area contributed by atoms with Crippen LogP contribution in [0, 0.1) is 0 Å². The molecule has 1 amide bonds. The predicted octanol–water partition coefficient (Wildman–Crippen LogP) is 0.161. The van der Waals surface area contributed by atoms with E-state index in [0.29, 0.717) is 12.8 Å². The molecule has 1 aliphatic carbocycles. The first-order valence-electron chi connectivity index (χ1n) is 6.30. The van der Waals surface area contributed by atoms with Crippen LogP contribution < -0.4 is 11.1 Å². The molecule has 3 N–H and O–H groups in total. The predicted molar refractivity (Wildman–Crippen MR) is 72.3 cm³/mol. The number of carbonyl (C=O) groups excluding carboxylic acids is 1. The molecule has 0 saturated carbocycles. The van der Waals surface area contributed by atoms with Crippen LogP contribution in [0.1, 0.15) is 11.1 Å². The summed E-state index contributed by atoms with van der Waals surface area (Å²) in [7, 11) is 4.03. The van der Waals surface area contributed by atoms with Crippen LogP contribution in [-0.4, -0.2) is 43.5 Å². The number of likely N-dealkylation sites (N-methyl/N-ethyl adjacent to an activating group) is 1. The minimum atomic E-state index is -0.598. The number of fused-ring (bicyclic) bond motifs is 1. The van der Waals surface area contributed by atoms with Crippen LogP contribution in [0.2, 0.25) is 0 Å². The fraction of sp³-hybridized carbons (Fsp3) is 0.500. The van der Waals surface area contributed by atoms with Gasteiger partial charge < -0.3 is 16.0 Å². The van der Waals surface area contributed by atoms with Gasteiger partial charge in [0.1, 0.15) is 5.54 Å². The van der Waals surface area contributed by atoms with E-state index in [0.717, 1.165) is 13.1 Å². The Balaban J connectivity index is 2.10. The fourth-order valence-corrected chi connectivity index (χ4v) is 2.52. The van der Waals surface area contributed by atoms with E-state index in [1.54, 1.807) is 0 Å². The molecule has 0 atom stereocenters. The van der Waals surface area contributed by atoms with Gasteiger partial charge in [-0.05, 0) is 25.2 Å². The number of rotatable bonds is 5. The van der Waals surface area contributed by atoms with Crippen molar-refractivity contribution in [3.63, 3.8) is 0 Å². The zero-order valence-electron chi connectivity index (χ0n) is 11.1. The quantitative estimate of drug-likeness (QED) is 0.779. The zero-order valence-corrected chi connectivity index (χ0v) is 11.1. The molecule has 0 fully saturated rings. The highest BCUT2D eigenvalue weighted by Gasteiger charge is 2.41. The van der Waals surface area contributed by atoms with Gasteiger partial charge in [-0.3, -0.25) is 4.79 Å². The van der Waals surface area contributed by atoms with Crippen molar-refractivity contribution in [3.8, 4) is 0 Å². The third-order valence-corrected chi connectivity index (χ3v) is 3.60. The van der Waals surface area contributed by atoms with Gasteiger partial charge in [-0.15, -0.1) is 0 Å². The second-order valence-electron chi connectivity index (χ2n) is 5.30. The number of carbonyl (C=O) groups is 1. The highest BCUT2D eigenvalue weighted by Crippen LogP contribution is 2.29. The summed E-state index contributed by atoms with van der Waals surface area (Å²) in [5.74, 6) is -0.252. The number of primary amides is 1. The van der Waals surface area contributed by atoms with Crippen molar-refractivity contribution in [3.05, 3.63) is 35.4 Å². The van der Waals surface area contributed by atoms with Crippen molar-refractivity contribution >= 4 is 5.91 Å². The van der Waals surface area contributed by atoms with Gasteiger partial charge in [0.2, 0.25) is 5.91 Å². The molecule has 0 bridgehead atoms. The highest BCUT2D eigenvalue weighted by atomic mass is 16.1. The lowest BCUT2D eigenvalue weighted by atomic mass is 9.95. The fourth-order valence-electron chi connectivity index (χ4n) is 2.52. The monoisotopic (exact) mass is 247 g/mol. The van der Waals surface area contributed by atoms with Gasteiger partial charge in [0.05, 0.1) is 0 Å². The maximum absolute atomic E-state index is 11.8. The highest BCUT2D eigenvalue weighted by molar-refractivity contribution is 5.86. The van der Waals surface area contributed by atoms with Crippen LogP contribution >= 0.6 is 0 Å². The Morgan fingerprint density at radius 2 is 1.89 bits per heavy atom. The summed E-state index contributed by atoms with van der Waals surface area (Å²) in [5, 5.41) is 3.36. The molecular weight excluding hydrogens is 226 g/mol. The van der Waals surface area contributed by atoms with Crippen molar-refractivity contribution in [1.82, 2.24) is 10.2 Å². The van der Waals surface area contributed by atoms with E-state index < -0.39 is 5.54 Å². The van der Waals surface area contributed by atoms with Gasteiger partial charge in [-0.2, -0.15) is 0 Å². The Morgan fingerprint density at radius 3 is 2.33 bits per heavy atom. The third-order valence-electron chi connectivity index (χ3n) is 3.60. The molecule has 2 rings (SSSR count). The molecule has 0 aliphatic heterocycles. The molecule has 4 heteroatoms. The largest absolute Gasteiger partial charge is 0.368 e. The Kier molecular flexibility index (Phi) is 3.68. The first-order valence-corrected chi connectivity index (χ1v) is 6.30. The second-order valence-corrected chi connectivity index (χ2v) is 5.30. The summed E-state index contributed by atoms with van der Waals surface area (Å²) >= 11 is 0. The molecule has 0 radical (unpaired) electrons. The van der Waals surface area contributed by atoms with E-state index in [1.807, 2.05) is 26.2 Å². The summed E-state index contributed by atoms with van der Waals surface area (Å²) < 4.78 is 0. The Morgan fingerprint density at radius 1 is 1.33 bits per heavy atom. The molecule has 18 heavy (non-hydrogen) atoms. The van der Waals surface area contributed by atoms with E-state index in [-0.39, 0.29) is 5.91 Å². The van der Waals surface area contributed by atoms with Gasteiger partial charge in [0.25, 0.3) is 0 Å². The summed E-state index contributed by atoms with van der Waals surface area (Å²) in [6, 6.07) is 8.17. The smallest absolute Gasteiger partial charge is 0.238 e. The summed E-state index contributed by atoms with van der Waals surface area (Å²) in [5.41, 5.74) is 7.48. The maximum atomic E-state index is 11.8. The Hall–Kier alpha value is -1.39. The maximum Gasteiger partial charge on any atom is 0.238 e. The molecule has 1 aliphatic rings. The van der Waals surface area contributed by atoms with E-state index in [9.17, 15) is 4.79 Å². The summed E-state index contributed by atoms with van der Waals surface area (Å²) in [4.78, 5) is 13.9. The topological polar surface area (TPSA) is 58.4 Å². The van der Waals surface area contributed by atoms with Gasteiger partial charge >= 0.3 is 0 Å². The minimum Gasteiger partial charge on any atom is -0.368 e. The van der Waals surface area contributed by atoms with Crippen LogP contribution in [0.25, 0.3) is 0 Å². The molecule has 0 spiro atoms. The average Bonchev–Trinajstić information content (AvgIpc) is 2.68. The average molecular weight is 247 g/mol. The zero-order chi connectivity index (χ0) is 13.2. The molecule has 4 nitrogen and oxygen atoms in total. The molecule has 0 saturated heterocycles. The molecule has 0 heterocycles. The third kappa shape index (κ3) is 2.54. The molecule has 1 aromatic carbocycles. The summed E-state index contributed by atoms with van der Waals surface area (Å²) in [6.07, 6.45) is 1.40. The lowest BCUT2D eigenvalue weighted by molar-refractivity contribution is -0.124. The minimum absolute atomic E-state index is 0.252. The molecule has 0 aromatic heterocycles. The molecule has 1 aromatic rings. The van der Waals surface area contributed by atoms with Crippen molar-refractivity contribution in [2.75, 3.05) is 27.2 Å². The van der Waals surface area contributed by atoms with E-state index in [4.69, 9.17) is 5.73 Å². The molecule has 98 valence electrons. The summed E-state index contributed by atoms with van der Waals surface area (Å²) in [6.45, 7) is 1.66. The van der Waals surface area contributed by atoms with Crippen molar-refractivity contribution in [1.29, 1.82) is 0 Å². The molecule has 0 unspecified atom stereocenters. The molecular formula is C14H21N3O.